The lowest BCUT2D eigenvalue weighted by Crippen LogP contribution is -2.62. The highest BCUT2D eigenvalue weighted by Gasteiger charge is 2.35. The van der Waals surface area contributed by atoms with E-state index in [1.54, 1.807) is 12.1 Å². The van der Waals surface area contributed by atoms with Crippen molar-refractivity contribution in [3.8, 4) is 0 Å². The number of halogens is 1. The molecule has 1 aromatic carbocycles. The van der Waals surface area contributed by atoms with E-state index in [4.69, 9.17) is 0 Å². The van der Waals surface area contributed by atoms with Crippen LogP contribution >= 0.6 is 0 Å². The number of urea groups is 1. The van der Waals surface area contributed by atoms with Gasteiger partial charge in [-0.25, -0.2) is 9.18 Å². The van der Waals surface area contributed by atoms with Crippen molar-refractivity contribution in [2.24, 2.45) is 11.8 Å². The molecule has 23 heavy (non-hydrogen) atoms. The minimum atomic E-state index is -0.301. The third-order valence-electron chi connectivity index (χ3n) is 3.96. The van der Waals surface area contributed by atoms with E-state index in [0.29, 0.717) is 23.6 Å². The first-order valence-corrected chi connectivity index (χ1v) is 8.40. The van der Waals surface area contributed by atoms with Crippen molar-refractivity contribution >= 4 is 11.7 Å². The Morgan fingerprint density at radius 3 is 2.17 bits per heavy atom. The zero-order valence-electron chi connectivity index (χ0n) is 14.6. The Kier molecular flexibility index (Phi) is 5.99. The number of hydrogen-bond acceptors (Lipinski definition) is 2. The highest BCUT2D eigenvalue weighted by Crippen LogP contribution is 2.19. The molecule has 0 radical (unpaired) electrons. The summed E-state index contributed by atoms with van der Waals surface area (Å²) in [5, 5.41) is 2.81. The maximum Gasteiger partial charge on any atom is 0.321 e. The summed E-state index contributed by atoms with van der Waals surface area (Å²) in [6.07, 6.45) is 0. The molecular weight excluding hydrogens is 293 g/mol. The molecule has 0 saturated carbocycles. The van der Waals surface area contributed by atoms with Gasteiger partial charge in [0.15, 0.2) is 0 Å². The highest BCUT2D eigenvalue weighted by atomic mass is 19.1. The van der Waals surface area contributed by atoms with Gasteiger partial charge in [0.2, 0.25) is 0 Å². The van der Waals surface area contributed by atoms with Crippen molar-refractivity contribution in [3.63, 3.8) is 0 Å². The average molecular weight is 321 g/mol. The van der Waals surface area contributed by atoms with Crippen molar-refractivity contribution in [2.45, 2.75) is 33.7 Å². The number of amides is 2. The van der Waals surface area contributed by atoms with Crippen molar-refractivity contribution in [1.29, 1.82) is 0 Å². The minimum Gasteiger partial charge on any atom is -0.321 e. The number of benzene rings is 1. The van der Waals surface area contributed by atoms with E-state index in [1.807, 2.05) is 4.90 Å². The first-order valence-electron chi connectivity index (χ1n) is 8.40. The predicted octanol–water partition coefficient (Wildman–Crippen LogP) is 3.66. The molecule has 1 saturated heterocycles. The van der Waals surface area contributed by atoms with Gasteiger partial charge in [-0.05, 0) is 36.1 Å². The average Bonchev–Trinajstić information content (AvgIpc) is 2.38. The third kappa shape index (κ3) is 5.20. The second-order valence-corrected chi connectivity index (χ2v) is 7.24. The van der Waals surface area contributed by atoms with E-state index in [0.717, 1.165) is 26.2 Å². The van der Waals surface area contributed by atoms with Crippen LogP contribution in [0.25, 0.3) is 0 Å². The summed E-state index contributed by atoms with van der Waals surface area (Å²) in [5.74, 6) is 0.941. The van der Waals surface area contributed by atoms with Crippen molar-refractivity contribution in [2.75, 3.05) is 31.5 Å². The van der Waals surface area contributed by atoms with Crippen LogP contribution in [0.15, 0.2) is 24.3 Å². The van der Waals surface area contributed by atoms with Gasteiger partial charge < -0.3 is 10.2 Å². The first kappa shape index (κ1) is 17.7. The summed E-state index contributed by atoms with van der Waals surface area (Å²) in [4.78, 5) is 16.5. The number of hydrogen-bond donors (Lipinski definition) is 1. The van der Waals surface area contributed by atoms with Gasteiger partial charge in [0.05, 0.1) is 0 Å². The molecular formula is C18H28FN3O. The molecule has 2 amide bonds. The van der Waals surface area contributed by atoms with E-state index < -0.39 is 0 Å². The molecule has 0 aromatic heterocycles. The summed E-state index contributed by atoms with van der Waals surface area (Å²) >= 11 is 0. The van der Waals surface area contributed by atoms with E-state index in [1.165, 1.54) is 12.1 Å². The molecule has 2 rings (SSSR count). The van der Waals surface area contributed by atoms with Gasteiger partial charge in [0.25, 0.3) is 0 Å². The zero-order valence-corrected chi connectivity index (χ0v) is 14.6. The lowest BCUT2D eigenvalue weighted by molar-refractivity contribution is 0.0464. The van der Waals surface area contributed by atoms with Gasteiger partial charge in [-0.1, -0.05) is 27.7 Å². The standard InChI is InChI=1S/C18H28FN3O/c1-13(2)9-21(10-14(3)4)17-11-22(12-17)18(23)20-16-7-5-15(19)6-8-16/h5-8,13-14,17H,9-12H2,1-4H3,(H,20,23). The van der Waals surface area contributed by atoms with Gasteiger partial charge in [-0.3, -0.25) is 4.90 Å². The maximum atomic E-state index is 12.9. The number of carbonyl (C=O) groups is 1. The van der Waals surface area contributed by atoms with Gasteiger partial charge in [-0.2, -0.15) is 0 Å². The van der Waals surface area contributed by atoms with Crippen LogP contribution in [0.4, 0.5) is 14.9 Å². The zero-order chi connectivity index (χ0) is 17.0. The number of nitrogens with zero attached hydrogens (tertiary/aromatic N) is 2. The summed E-state index contributed by atoms with van der Waals surface area (Å²) in [6, 6.07) is 6.19. The fourth-order valence-electron chi connectivity index (χ4n) is 2.90. The smallest absolute Gasteiger partial charge is 0.321 e. The van der Waals surface area contributed by atoms with Crippen LogP contribution in [0.5, 0.6) is 0 Å². The Morgan fingerprint density at radius 2 is 1.70 bits per heavy atom. The molecule has 128 valence electrons. The summed E-state index contributed by atoms with van der Waals surface area (Å²) in [7, 11) is 0. The Balaban J connectivity index is 1.83. The lowest BCUT2D eigenvalue weighted by Gasteiger charge is -2.46. The largest absolute Gasteiger partial charge is 0.321 e. The van der Waals surface area contributed by atoms with Crippen LogP contribution in [-0.4, -0.2) is 48.1 Å². The van der Waals surface area contributed by atoms with Crippen LogP contribution in [0, 0.1) is 17.7 Å². The second kappa shape index (κ2) is 7.77. The molecule has 1 aliphatic heterocycles. The van der Waals surface area contributed by atoms with Gasteiger partial charge >= 0.3 is 6.03 Å². The Morgan fingerprint density at radius 1 is 1.17 bits per heavy atom. The summed E-state index contributed by atoms with van der Waals surface area (Å²) in [5.41, 5.74) is 0.626. The van der Waals surface area contributed by atoms with Crippen LogP contribution in [0.2, 0.25) is 0 Å². The fourth-order valence-corrected chi connectivity index (χ4v) is 2.90. The van der Waals surface area contributed by atoms with Crippen LogP contribution < -0.4 is 5.32 Å². The monoisotopic (exact) mass is 321 g/mol. The molecule has 0 bridgehead atoms. The Labute approximate surface area is 138 Å². The van der Waals surface area contributed by atoms with E-state index in [2.05, 4.69) is 37.9 Å². The second-order valence-electron chi connectivity index (χ2n) is 7.24. The van der Waals surface area contributed by atoms with Crippen molar-refractivity contribution in [1.82, 2.24) is 9.80 Å². The Hall–Kier alpha value is -1.62. The lowest BCUT2D eigenvalue weighted by atomic mass is 10.0. The molecule has 1 aromatic rings. The number of likely N-dealkylation sites (tertiary alicyclic amines) is 1. The molecule has 1 heterocycles. The minimum absolute atomic E-state index is 0.109. The van der Waals surface area contributed by atoms with Crippen LogP contribution in [0.1, 0.15) is 27.7 Å². The molecule has 5 heteroatoms. The molecule has 0 unspecified atom stereocenters. The van der Waals surface area contributed by atoms with Crippen LogP contribution in [0.3, 0.4) is 0 Å². The number of nitrogens with one attached hydrogen (secondary N) is 1. The molecule has 0 atom stereocenters. The van der Waals surface area contributed by atoms with E-state index in [9.17, 15) is 9.18 Å². The highest BCUT2D eigenvalue weighted by molar-refractivity contribution is 5.89. The van der Waals surface area contributed by atoms with E-state index in [-0.39, 0.29) is 11.8 Å². The van der Waals surface area contributed by atoms with E-state index >= 15 is 0 Å². The SMILES string of the molecule is CC(C)CN(CC(C)C)C1CN(C(=O)Nc2ccc(F)cc2)C1. The molecule has 0 spiro atoms. The summed E-state index contributed by atoms with van der Waals surface area (Å²) in [6.45, 7) is 12.6. The van der Waals surface area contributed by atoms with Crippen molar-refractivity contribution < 1.29 is 9.18 Å². The Bertz CT molecular complexity index is 500. The normalized spacial score (nSPS) is 15.4. The predicted molar refractivity (Wildman–Crippen MR) is 92.0 cm³/mol. The third-order valence-corrected chi connectivity index (χ3v) is 3.96. The number of carbonyl (C=O) groups excluding carboxylic acids is 1. The molecule has 1 aliphatic rings. The number of rotatable bonds is 6. The number of anilines is 1. The maximum absolute atomic E-state index is 12.9. The topological polar surface area (TPSA) is 35.6 Å². The van der Waals surface area contributed by atoms with Gasteiger partial charge in [0, 0.05) is 37.9 Å². The van der Waals surface area contributed by atoms with Gasteiger partial charge in [0.1, 0.15) is 5.82 Å². The molecule has 0 aliphatic carbocycles. The fraction of sp³-hybridized carbons (Fsp3) is 0.611. The molecule has 1 fully saturated rings. The first-order chi connectivity index (χ1) is 10.8. The van der Waals surface area contributed by atoms with Crippen molar-refractivity contribution in [3.05, 3.63) is 30.1 Å². The molecule has 1 N–H and O–H groups in total. The quantitative estimate of drug-likeness (QED) is 0.868. The summed E-state index contributed by atoms with van der Waals surface area (Å²) < 4.78 is 12.9. The molecule has 4 nitrogen and oxygen atoms in total. The van der Waals surface area contributed by atoms with Gasteiger partial charge in [-0.15, -0.1) is 0 Å². The van der Waals surface area contributed by atoms with Crippen LogP contribution in [-0.2, 0) is 0 Å².